The van der Waals surface area contributed by atoms with E-state index in [0.717, 1.165) is 36.1 Å². The Morgan fingerprint density at radius 1 is 1.53 bits per heavy atom. The molecule has 1 aliphatic heterocycles. The minimum absolute atomic E-state index is 0.114. The van der Waals surface area contributed by atoms with Gasteiger partial charge in [0.1, 0.15) is 5.82 Å². The third-order valence-corrected chi connectivity index (χ3v) is 4.57. The normalized spacial score (nSPS) is 22.4. The third-order valence-electron chi connectivity index (χ3n) is 4.08. The molecule has 19 heavy (non-hydrogen) atoms. The number of nitrogens with two attached hydrogens (primary N) is 1. The van der Waals surface area contributed by atoms with Crippen molar-refractivity contribution >= 4 is 15.9 Å². The summed E-state index contributed by atoms with van der Waals surface area (Å²) in [6, 6.07) is 5.31. The second-order valence-electron chi connectivity index (χ2n) is 5.42. The first-order valence-corrected chi connectivity index (χ1v) is 7.80. The lowest BCUT2D eigenvalue weighted by atomic mass is 9.92. The zero-order valence-electron chi connectivity index (χ0n) is 11.4. The van der Waals surface area contributed by atoms with Gasteiger partial charge in [0.15, 0.2) is 0 Å². The lowest BCUT2D eigenvalue weighted by molar-refractivity contribution is 0.126. The fourth-order valence-electron chi connectivity index (χ4n) is 2.95. The van der Waals surface area contributed by atoms with Gasteiger partial charge < -0.3 is 5.73 Å². The molecule has 1 fully saturated rings. The van der Waals surface area contributed by atoms with Gasteiger partial charge in [0.25, 0.3) is 0 Å². The van der Waals surface area contributed by atoms with Crippen molar-refractivity contribution in [3.05, 3.63) is 34.1 Å². The van der Waals surface area contributed by atoms with Crippen LogP contribution < -0.4 is 5.73 Å². The maximum absolute atomic E-state index is 14.0. The Kier molecular flexibility index (Phi) is 5.37. The number of likely N-dealkylation sites (tertiary alicyclic amines) is 1. The molecule has 2 atom stereocenters. The molecule has 2 rings (SSSR count). The molecule has 0 amide bonds. The van der Waals surface area contributed by atoms with Gasteiger partial charge in [-0.15, -0.1) is 0 Å². The minimum Gasteiger partial charge on any atom is -0.330 e. The Labute approximate surface area is 123 Å². The molecule has 1 aromatic rings. The SMILES string of the molecule is CC(c1cc(Br)ccc1F)N1CCCC(CCN)C1. The largest absolute Gasteiger partial charge is 0.330 e. The van der Waals surface area contributed by atoms with E-state index < -0.39 is 0 Å². The van der Waals surface area contributed by atoms with Crippen molar-refractivity contribution in [2.24, 2.45) is 11.7 Å². The molecule has 0 saturated carbocycles. The highest BCUT2D eigenvalue weighted by Crippen LogP contribution is 2.30. The van der Waals surface area contributed by atoms with Crippen molar-refractivity contribution < 1.29 is 4.39 Å². The molecule has 0 radical (unpaired) electrons. The van der Waals surface area contributed by atoms with E-state index >= 15 is 0 Å². The molecule has 2 nitrogen and oxygen atoms in total. The Bertz CT molecular complexity index is 423. The molecule has 0 aromatic heterocycles. The maximum Gasteiger partial charge on any atom is 0.128 e. The van der Waals surface area contributed by atoms with Crippen molar-refractivity contribution in [2.45, 2.75) is 32.2 Å². The number of halogens is 2. The van der Waals surface area contributed by atoms with Crippen molar-refractivity contribution in [3.8, 4) is 0 Å². The quantitative estimate of drug-likeness (QED) is 0.912. The molecular weight excluding hydrogens is 307 g/mol. The highest BCUT2D eigenvalue weighted by atomic mass is 79.9. The van der Waals surface area contributed by atoms with Crippen molar-refractivity contribution in [1.29, 1.82) is 0 Å². The molecule has 1 aromatic carbocycles. The van der Waals surface area contributed by atoms with E-state index in [9.17, 15) is 4.39 Å². The molecule has 0 spiro atoms. The van der Waals surface area contributed by atoms with Gasteiger partial charge in [0.05, 0.1) is 0 Å². The molecule has 2 unspecified atom stereocenters. The first-order valence-electron chi connectivity index (χ1n) is 7.01. The fourth-order valence-corrected chi connectivity index (χ4v) is 3.33. The summed E-state index contributed by atoms with van der Waals surface area (Å²) in [6.07, 6.45) is 3.51. The summed E-state index contributed by atoms with van der Waals surface area (Å²) in [6.45, 7) is 4.92. The van der Waals surface area contributed by atoms with Crippen LogP contribution in [0.2, 0.25) is 0 Å². The zero-order chi connectivity index (χ0) is 13.8. The van der Waals surface area contributed by atoms with E-state index in [1.165, 1.54) is 18.9 Å². The van der Waals surface area contributed by atoms with E-state index in [1.54, 1.807) is 6.07 Å². The van der Waals surface area contributed by atoms with Crippen LogP contribution in [0.25, 0.3) is 0 Å². The Morgan fingerprint density at radius 3 is 3.05 bits per heavy atom. The van der Waals surface area contributed by atoms with Gasteiger partial charge in [-0.2, -0.15) is 0 Å². The number of hydrogen-bond donors (Lipinski definition) is 1. The molecule has 2 N–H and O–H groups in total. The number of hydrogen-bond acceptors (Lipinski definition) is 2. The summed E-state index contributed by atoms with van der Waals surface area (Å²) in [5.41, 5.74) is 6.43. The van der Waals surface area contributed by atoms with E-state index in [2.05, 4.69) is 27.8 Å². The summed E-state index contributed by atoms with van der Waals surface area (Å²) in [5, 5.41) is 0. The van der Waals surface area contributed by atoms with E-state index in [4.69, 9.17) is 5.73 Å². The van der Waals surface area contributed by atoms with E-state index in [-0.39, 0.29) is 11.9 Å². The monoisotopic (exact) mass is 328 g/mol. The zero-order valence-corrected chi connectivity index (χ0v) is 13.0. The maximum atomic E-state index is 14.0. The predicted molar refractivity (Wildman–Crippen MR) is 80.5 cm³/mol. The lowest BCUT2D eigenvalue weighted by Gasteiger charge is -2.37. The van der Waals surface area contributed by atoms with Crippen molar-refractivity contribution in [3.63, 3.8) is 0 Å². The fraction of sp³-hybridized carbons (Fsp3) is 0.600. The van der Waals surface area contributed by atoms with Crippen LogP contribution in [0.5, 0.6) is 0 Å². The topological polar surface area (TPSA) is 29.3 Å². The molecule has 1 aliphatic rings. The summed E-state index contributed by atoms with van der Waals surface area (Å²) in [7, 11) is 0. The highest BCUT2D eigenvalue weighted by Gasteiger charge is 2.25. The number of rotatable bonds is 4. The lowest BCUT2D eigenvalue weighted by Crippen LogP contribution is -2.38. The van der Waals surface area contributed by atoms with Gasteiger partial charge in [-0.05, 0) is 63.4 Å². The van der Waals surface area contributed by atoms with Gasteiger partial charge in [-0.25, -0.2) is 4.39 Å². The number of nitrogens with zero attached hydrogens (tertiary/aromatic N) is 1. The van der Waals surface area contributed by atoms with Crippen LogP contribution in [0.1, 0.15) is 37.8 Å². The number of piperidine rings is 1. The second-order valence-corrected chi connectivity index (χ2v) is 6.34. The minimum atomic E-state index is -0.114. The third kappa shape index (κ3) is 3.77. The molecule has 1 saturated heterocycles. The van der Waals surface area contributed by atoms with Gasteiger partial charge >= 0.3 is 0 Å². The van der Waals surface area contributed by atoms with Gasteiger partial charge in [0, 0.05) is 22.6 Å². The highest BCUT2D eigenvalue weighted by molar-refractivity contribution is 9.10. The van der Waals surface area contributed by atoms with Gasteiger partial charge in [-0.3, -0.25) is 4.90 Å². The molecule has 0 aliphatic carbocycles. The molecule has 106 valence electrons. The number of benzene rings is 1. The van der Waals surface area contributed by atoms with Crippen LogP contribution in [0, 0.1) is 11.7 Å². The van der Waals surface area contributed by atoms with Crippen LogP contribution in [0.4, 0.5) is 4.39 Å². The molecule has 1 heterocycles. The first-order chi connectivity index (χ1) is 9.11. The van der Waals surface area contributed by atoms with Gasteiger partial charge in [0.2, 0.25) is 0 Å². The van der Waals surface area contributed by atoms with Crippen LogP contribution in [-0.2, 0) is 0 Å². The van der Waals surface area contributed by atoms with Crippen LogP contribution in [0.3, 0.4) is 0 Å². The summed E-state index contributed by atoms with van der Waals surface area (Å²) >= 11 is 3.42. The smallest absolute Gasteiger partial charge is 0.128 e. The first kappa shape index (κ1) is 14.9. The Balaban J connectivity index is 2.10. The van der Waals surface area contributed by atoms with Crippen LogP contribution in [-0.4, -0.2) is 24.5 Å². The Hall–Kier alpha value is -0.450. The van der Waals surface area contributed by atoms with Crippen molar-refractivity contribution in [1.82, 2.24) is 4.90 Å². The summed E-state index contributed by atoms with van der Waals surface area (Å²) in [4.78, 5) is 2.38. The molecular formula is C15H22BrFN2. The molecule has 4 heteroatoms. The van der Waals surface area contributed by atoms with Gasteiger partial charge in [-0.1, -0.05) is 15.9 Å². The standard InChI is InChI=1S/C15H22BrFN2/c1-11(14-9-13(16)4-5-15(14)17)19-8-2-3-12(10-19)6-7-18/h4-5,9,11-12H,2-3,6-8,10,18H2,1H3. The average Bonchev–Trinajstić information content (AvgIpc) is 2.41. The Morgan fingerprint density at radius 2 is 2.32 bits per heavy atom. The van der Waals surface area contributed by atoms with E-state index in [0.29, 0.717) is 5.92 Å². The average molecular weight is 329 g/mol. The summed E-state index contributed by atoms with van der Waals surface area (Å²) in [5.74, 6) is 0.549. The van der Waals surface area contributed by atoms with Crippen LogP contribution in [0.15, 0.2) is 22.7 Å². The predicted octanol–water partition coefficient (Wildman–Crippen LogP) is 3.71. The van der Waals surface area contributed by atoms with E-state index in [1.807, 2.05) is 6.07 Å². The second kappa shape index (κ2) is 6.82. The van der Waals surface area contributed by atoms with Crippen molar-refractivity contribution in [2.75, 3.05) is 19.6 Å². The summed E-state index contributed by atoms with van der Waals surface area (Å²) < 4.78 is 14.9. The van der Waals surface area contributed by atoms with Crippen LogP contribution >= 0.6 is 15.9 Å². The molecule has 0 bridgehead atoms.